The summed E-state index contributed by atoms with van der Waals surface area (Å²) < 4.78 is 16.1. The summed E-state index contributed by atoms with van der Waals surface area (Å²) in [5.41, 5.74) is 1.22. The number of carbonyl (C=O) groups is 1. The van der Waals surface area contributed by atoms with Gasteiger partial charge >= 0.3 is 0 Å². The second-order valence-electron chi connectivity index (χ2n) is 8.90. The quantitative estimate of drug-likeness (QED) is 0.724. The van der Waals surface area contributed by atoms with Crippen molar-refractivity contribution in [2.75, 3.05) is 20.4 Å². The molecule has 0 spiro atoms. The first kappa shape index (κ1) is 20.9. The molecule has 1 aliphatic carbocycles. The Bertz CT molecular complexity index is 1020. The van der Waals surface area contributed by atoms with E-state index in [4.69, 9.17) is 14.2 Å². The second-order valence-corrected chi connectivity index (χ2v) is 8.90. The van der Waals surface area contributed by atoms with E-state index in [-0.39, 0.29) is 24.7 Å². The SMILES string of the molecule is COc1ccc(C2[C@@H]3CCCC[C@]3(O)CCN2C(=O)/C=C/c2ccc3c(c2)OCO3)cc1. The van der Waals surface area contributed by atoms with Gasteiger partial charge in [-0.15, -0.1) is 0 Å². The molecule has 1 unspecified atom stereocenters. The van der Waals surface area contributed by atoms with E-state index in [0.29, 0.717) is 18.7 Å². The molecule has 0 radical (unpaired) electrons. The largest absolute Gasteiger partial charge is 0.497 e. The minimum atomic E-state index is -0.708. The van der Waals surface area contributed by atoms with Gasteiger partial charge in [0.1, 0.15) is 5.75 Å². The van der Waals surface area contributed by atoms with Crippen LogP contribution in [0.1, 0.15) is 49.3 Å². The van der Waals surface area contributed by atoms with Crippen molar-refractivity contribution in [1.29, 1.82) is 0 Å². The highest BCUT2D eigenvalue weighted by atomic mass is 16.7. The van der Waals surface area contributed by atoms with E-state index in [2.05, 4.69) is 0 Å². The summed E-state index contributed by atoms with van der Waals surface area (Å²) in [5.74, 6) is 2.18. The number of aliphatic hydroxyl groups is 1. The van der Waals surface area contributed by atoms with Gasteiger partial charge in [-0.1, -0.05) is 31.0 Å². The lowest BCUT2D eigenvalue weighted by molar-refractivity contribution is -0.150. The maximum Gasteiger partial charge on any atom is 0.247 e. The highest BCUT2D eigenvalue weighted by Gasteiger charge is 2.49. The van der Waals surface area contributed by atoms with Crippen LogP contribution in [0.5, 0.6) is 17.2 Å². The molecular formula is C26H29NO5. The van der Waals surface area contributed by atoms with E-state index in [0.717, 1.165) is 48.3 Å². The third-order valence-corrected chi connectivity index (χ3v) is 7.12. The first-order chi connectivity index (χ1) is 15.6. The molecule has 1 saturated heterocycles. The third kappa shape index (κ3) is 3.84. The standard InChI is InChI=1S/C26H29NO5/c1-30-20-9-7-19(8-10-20)25-21-4-2-3-13-26(21,29)14-15-27(25)24(28)12-6-18-5-11-22-23(16-18)32-17-31-22/h5-12,16,21,25,29H,2-4,13-15,17H2,1H3/b12-6+/t21-,25?,26-/m0/s1. The van der Waals surface area contributed by atoms with Gasteiger partial charge in [0.15, 0.2) is 11.5 Å². The van der Waals surface area contributed by atoms with E-state index < -0.39 is 5.60 Å². The molecule has 2 heterocycles. The molecule has 2 aliphatic heterocycles. The summed E-state index contributed by atoms with van der Waals surface area (Å²) in [5, 5.41) is 11.4. The zero-order valence-corrected chi connectivity index (χ0v) is 18.3. The number of rotatable bonds is 4. The van der Waals surface area contributed by atoms with E-state index in [1.807, 2.05) is 53.4 Å². The Hall–Kier alpha value is -2.99. The fourth-order valence-electron chi connectivity index (χ4n) is 5.42. The van der Waals surface area contributed by atoms with Crippen LogP contribution in [0.4, 0.5) is 0 Å². The highest BCUT2D eigenvalue weighted by molar-refractivity contribution is 5.92. The summed E-state index contributed by atoms with van der Waals surface area (Å²) in [6.07, 6.45) is 7.91. The molecule has 3 aliphatic rings. The van der Waals surface area contributed by atoms with E-state index >= 15 is 0 Å². The number of amides is 1. The lowest BCUT2D eigenvalue weighted by Gasteiger charge is -2.52. The van der Waals surface area contributed by atoms with Gasteiger partial charge in [0.05, 0.1) is 18.8 Å². The number of piperidine rings is 1. The molecule has 168 valence electrons. The minimum Gasteiger partial charge on any atom is -0.497 e. The van der Waals surface area contributed by atoms with Crippen LogP contribution in [0.2, 0.25) is 0 Å². The van der Waals surface area contributed by atoms with Gasteiger partial charge in [-0.05, 0) is 60.7 Å². The van der Waals surface area contributed by atoms with Crippen LogP contribution in [0.3, 0.4) is 0 Å². The molecule has 2 aromatic carbocycles. The molecule has 1 N–H and O–H groups in total. The van der Waals surface area contributed by atoms with E-state index in [1.165, 1.54) is 0 Å². The maximum atomic E-state index is 13.4. The molecule has 2 aromatic rings. The van der Waals surface area contributed by atoms with Gasteiger partial charge < -0.3 is 24.2 Å². The average Bonchev–Trinajstić information content (AvgIpc) is 3.29. The summed E-state index contributed by atoms with van der Waals surface area (Å²) in [6.45, 7) is 0.761. The molecule has 1 saturated carbocycles. The Morgan fingerprint density at radius 2 is 1.94 bits per heavy atom. The monoisotopic (exact) mass is 435 g/mol. The average molecular weight is 436 g/mol. The molecule has 0 aromatic heterocycles. The second kappa shape index (κ2) is 8.51. The number of fused-ring (bicyclic) bond motifs is 2. The topological polar surface area (TPSA) is 68.2 Å². The number of ether oxygens (including phenoxy) is 3. The van der Waals surface area contributed by atoms with E-state index in [1.54, 1.807) is 13.2 Å². The molecule has 0 bridgehead atoms. The molecule has 6 nitrogen and oxygen atoms in total. The van der Waals surface area contributed by atoms with Crippen molar-refractivity contribution in [3.05, 3.63) is 59.7 Å². The molecule has 6 heteroatoms. The predicted molar refractivity (Wildman–Crippen MR) is 121 cm³/mol. The zero-order valence-electron chi connectivity index (χ0n) is 18.3. The Morgan fingerprint density at radius 1 is 1.12 bits per heavy atom. The zero-order chi connectivity index (χ0) is 22.1. The fourth-order valence-corrected chi connectivity index (χ4v) is 5.42. The Morgan fingerprint density at radius 3 is 2.75 bits per heavy atom. The first-order valence-electron chi connectivity index (χ1n) is 11.3. The summed E-state index contributed by atoms with van der Waals surface area (Å²) >= 11 is 0. The minimum absolute atomic E-state index is 0.0290. The summed E-state index contributed by atoms with van der Waals surface area (Å²) in [6, 6.07) is 13.4. The van der Waals surface area contributed by atoms with Crippen molar-refractivity contribution >= 4 is 12.0 Å². The lowest BCUT2D eigenvalue weighted by atomic mass is 9.66. The summed E-state index contributed by atoms with van der Waals surface area (Å²) in [7, 11) is 1.65. The number of methoxy groups -OCH3 is 1. The molecule has 32 heavy (non-hydrogen) atoms. The lowest BCUT2D eigenvalue weighted by Crippen LogP contribution is -2.56. The van der Waals surface area contributed by atoms with Crippen LogP contribution in [-0.2, 0) is 4.79 Å². The van der Waals surface area contributed by atoms with Crippen molar-refractivity contribution in [2.45, 2.75) is 43.7 Å². The van der Waals surface area contributed by atoms with Crippen LogP contribution in [-0.4, -0.2) is 42.0 Å². The third-order valence-electron chi connectivity index (χ3n) is 7.12. The van der Waals surface area contributed by atoms with Crippen LogP contribution in [0.25, 0.3) is 6.08 Å². The molecule has 1 amide bonds. The maximum absolute atomic E-state index is 13.4. The first-order valence-corrected chi connectivity index (χ1v) is 11.3. The van der Waals surface area contributed by atoms with Crippen LogP contribution in [0.15, 0.2) is 48.5 Å². The van der Waals surface area contributed by atoms with Gasteiger partial charge in [0, 0.05) is 18.5 Å². The number of benzene rings is 2. The number of likely N-dealkylation sites (tertiary alicyclic amines) is 1. The molecule has 5 rings (SSSR count). The van der Waals surface area contributed by atoms with Gasteiger partial charge in [-0.2, -0.15) is 0 Å². The van der Waals surface area contributed by atoms with Crippen molar-refractivity contribution < 1.29 is 24.1 Å². The summed E-state index contributed by atoms with van der Waals surface area (Å²) in [4.78, 5) is 15.3. The van der Waals surface area contributed by atoms with Crippen molar-refractivity contribution in [1.82, 2.24) is 4.90 Å². The Labute approximate surface area is 188 Å². The predicted octanol–water partition coefficient (Wildman–Crippen LogP) is 4.33. The highest BCUT2D eigenvalue weighted by Crippen LogP contribution is 2.49. The van der Waals surface area contributed by atoms with Gasteiger partial charge in [-0.3, -0.25) is 4.79 Å². The van der Waals surface area contributed by atoms with Crippen molar-refractivity contribution in [2.24, 2.45) is 5.92 Å². The normalized spacial score (nSPS) is 26.8. The molecule has 3 atom stereocenters. The number of hydrogen-bond acceptors (Lipinski definition) is 5. The molecule has 2 fully saturated rings. The van der Waals surface area contributed by atoms with E-state index in [9.17, 15) is 9.90 Å². The fraction of sp³-hybridized carbons (Fsp3) is 0.423. The number of hydrogen-bond donors (Lipinski definition) is 1. The van der Waals surface area contributed by atoms with Crippen LogP contribution >= 0.6 is 0 Å². The number of carbonyl (C=O) groups excluding carboxylic acids is 1. The Kier molecular flexibility index (Phi) is 5.55. The van der Waals surface area contributed by atoms with Gasteiger partial charge in [-0.25, -0.2) is 0 Å². The van der Waals surface area contributed by atoms with Crippen molar-refractivity contribution in [3.63, 3.8) is 0 Å². The Balaban J connectivity index is 1.43. The van der Waals surface area contributed by atoms with Crippen molar-refractivity contribution in [3.8, 4) is 17.2 Å². The van der Waals surface area contributed by atoms with Crippen LogP contribution < -0.4 is 14.2 Å². The van der Waals surface area contributed by atoms with Gasteiger partial charge in [0.25, 0.3) is 0 Å². The molecular weight excluding hydrogens is 406 g/mol. The van der Waals surface area contributed by atoms with Gasteiger partial charge in [0.2, 0.25) is 12.7 Å². The smallest absolute Gasteiger partial charge is 0.247 e. The number of nitrogens with zero attached hydrogens (tertiary/aromatic N) is 1. The van der Waals surface area contributed by atoms with Crippen LogP contribution in [0, 0.1) is 5.92 Å².